The van der Waals surface area contributed by atoms with Crippen molar-refractivity contribution < 1.29 is 33.7 Å². The normalized spacial score (nSPS) is 16.7. The number of ketones is 1. The van der Waals surface area contributed by atoms with Crippen LogP contribution in [0.3, 0.4) is 0 Å². The van der Waals surface area contributed by atoms with Gasteiger partial charge in [0.2, 0.25) is 0 Å². The molecule has 1 heterocycles. The highest BCUT2D eigenvalue weighted by Gasteiger charge is 2.47. The largest absolute Gasteiger partial charge is 0.507 e. The minimum atomic E-state index is -1.02. The van der Waals surface area contributed by atoms with Crippen LogP contribution in [-0.4, -0.2) is 44.1 Å². The summed E-state index contributed by atoms with van der Waals surface area (Å²) in [6.45, 7) is 6.23. The third kappa shape index (κ3) is 5.14. The fraction of sp³-hybridized carbons (Fsp3) is 0.258. The highest BCUT2D eigenvalue weighted by atomic mass is 35.5. The molecule has 1 amide bonds. The first-order valence-electron chi connectivity index (χ1n) is 12.4. The van der Waals surface area contributed by atoms with Gasteiger partial charge >= 0.3 is 5.97 Å². The first-order valence-corrected chi connectivity index (χ1v) is 12.8. The Hall–Kier alpha value is -4.30. The second kappa shape index (κ2) is 11.1. The van der Waals surface area contributed by atoms with Crippen molar-refractivity contribution in [3.05, 3.63) is 93.5 Å². The smallest absolute Gasteiger partial charge is 0.337 e. The maximum Gasteiger partial charge on any atom is 0.337 e. The number of amides is 1. The topological polar surface area (TPSA) is 102 Å². The molecule has 208 valence electrons. The molecule has 0 aliphatic carbocycles. The third-order valence-electron chi connectivity index (χ3n) is 6.81. The number of rotatable bonds is 6. The molecule has 0 bridgehead atoms. The summed E-state index contributed by atoms with van der Waals surface area (Å²) >= 11 is 6.26. The number of aliphatic hydroxyl groups is 1. The van der Waals surface area contributed by atoms with Gasteiger partial charge < -0.3 is 19.3 Å². The predicted octanol–water partition coefficient (Wildman–Crippen LogP) is 6.07. The van der Waals surface area contributed by atoms with Gasteiger partial charge in [-0.1, -0.05) is 62.7 Å². The summed E-state index contributed by atoms with van der Waals surface area (Å²) in [4.78, 5) is 40.7. The van der Waals surface area contributed by atoms with Gasteiger partial charge in [0.05, 0.1) is 49.1 Å². The first-order chi connectivity index (χ1) is 18.9. The van der Waals surface area contributed by atoms with Crippen LogP contribution in [0.2, 0.25) is 5.02 Å². The number of Topliss-reactive ketones (excluding diaryl/α,β-unsaturated/α-hetero) is 1. The number of carbonyl (C=O) groups is 3. The van der Waals surface area contributed by atoms with E-state index in [0.717, 1.165) is 5.56 Å². The Labute approximate surface area is 237 Å². The monoisotopic (exact) mass is 563 g/mol. The average molecular weight is 564 g/mol. The van der Waals surface area contributed by atoms with Gasteiger partial charge in [0.25, 0.3) is 11.7 Å². The number of anilines is 1. The van der Waals surface area contributed by atoms with Crippen molar-refractivity contribution in [2.75, 3.05) is 26.2 Å². The zero-order chi connectivity index (χ0) is 29.4. The molecule has 0 spiro atoms. The summed E-state index contributed by atoms with van der Waals surface area (Å²) < 4.78 is 15.6. The van der Waals surface area contributed by atoms with Gasteiger partial charge in [-0.05, 0) is 40.8 Å². The summed E-state index contributed by atoms with van der Waals surface area (Å²) in [6, 6.07) is 15.6. The van der Waals surface area contributed by atoms with Crippen molar-refractivity contribution in [1.29, 1.82) is 0 Å². The molecule has 40 heavy (non-hydrogen) atoms. The zero-order valence-corrected chi connectivity index (χ0v) is 23.8. The Kier molecular flexibility index (Phi) is 7.93. The van der Waals surface area contributed by atoms with Crippen LogP contribution >= 0.6 is 11.6 Å². The van der Waals surface area contributed by atoms with E-state index in [-0.39, 0.29) is 44.3 Å². The number of methoxy groups -OCH3 is 3. The van der Waals surface area contributed by atoms with Crippen molar-refractivity contribution in [1.82, 2.24) is 0 Å². The molecule has 4 rings (SSSR count). The number of halogens is 1. The number of carbonyl (C=O) groups excluding carboxylic acids is 3. The molecule has 3 aromatic rings. The lowest BCUT2D eigenvalue weighted by Crippen LogP contribution is -2.29. The Morgan fingerprint density at radius 1 is 0.925 bits per heavy atom. The van der Waals surface area contributed by atoms with Gasteiger partial charge in [0, 0.05) is 11.8 Å². The number of hydrogen-bond donors (Lipinski definition) is 1. The van der Waals surface area contributed by atoms with E-state index in [9.17, 15) is 19.5 Å². The molecule has 0 radical (unpaired) electrons. The molecule has 1 fully saturated rings. The van der Waals surface area contributed by atoms with Crippen molar-refractivity contribution in [3.8, 4) is 11.5 Å². The molecule has 1 unspecified atom stereocenters. The molecule has 8 nitrogen and oxygen atoms in total. The van der Waals surface area contributed by atoms with Crippen molar-refractivity contribution in [2.45, 2.75) is 32.2 Å². The maximum absolute atomic E-state index is 13.6. The van der Waals surface area contributed by atoms with Crippen molar-refractivity contribution in [3.63, 3.8) is 0 Å². The number of ether oxygens (including phenoxy) is 3. The molecule has 3 aromatic carbocycles. The molecule has 0 aromatic heterocycles. The second-order valence-corrected chi connectivity index (χ2v) is 10.7. The SMILES string of the molecule is COC(=O)c1cccc(N2C(=O)C(=O)/C(=C(/O)c3cc(OC)c(Cl)cc3OC)C2c2ccc(C(C)(C)C)cc2)c1. The number of aliphatic hydroxyl groups excluding tert-OH is 1. The van der Waals surface area contributed by atoms with E-state index in [1.54, 1.807) is 18.2 Å². The fourth-order valence-electron chi connectivity index (χ4n) is 4.67. The Morgan fingerprint density at radius 3 is 2.15 bits per heavy atom. The van der Waals surface area contributed by atoms with Crippen LogP contribution in [0, 0.1) is 0 Å². The Balaban J connectivity index is 1.99. The number of hydrogen-bond acceptors (Lipinski definition) is 7. The van der Waals surface area contributed by atoms with Crippen molar-refractivity contribution >= 4 is 40.7 Å². The van der Waals surface area contributed by atoms with Gasteiger partial charge in [-0.25, -0.2) is 4.79 Å². The quantitative estimate of drug-likeness (QED) is 0.168. The minimum absolute atomic E-state index is 0.126. The first kappa shape index (κ1) is 28.7. The summed E-state index contributed by atoms with van der Waals surface area (Å²) in [5.41, 5.74) is 1.95. The molecule has 1 aliphatic rings. The van der Waals surface area contributed by atoms with Gasteiger partial charge in [-0.15, -0.1) is 0 Å². The third-order valence-corrected chi connectivity index (χ3v) is 7.11. The average Bonchev–Trinajstić information content (AvgIpc) is 3.21. The van der Waals surface area contributed by atoms with Gasteiger partial charge in [-0.3, -0.25) is 14.5 Å². The summed E-state index contributed by atoms with van der Waals surface area (Å²) in [5, 5.41) is 11.9. The lowest BCUT2D eigenvalue weighted by molar-refractivity contribution is -0.132. The molecule has 0 saturated carbocycles. The molecular formula is C31H30ClNO7. The number of benzene rings is 3. The van der Waals surface area contributed by atoms with E-state index < -0.39 is 29.5 Å². The number of nitrogens with zero attached hydrogens (tertiary/aromatic N) is 1. The molecular weight excluding hydrogens is 534 g/mol. The van der Waals surface area contributed by atoms with Gasteiger partial charge in [-0.2, -0.15) is 0 Å². The maximum atomic E-state index is 13.6. The molecule has 1 N–H and O–H groups in total. The zero-order valence-electron chi connectivity index (χ0n) is 23.1. The minimum Gasteiger partial charge on any atom is -0.507 e. The van der Waals surface area contributed by atoms with E-state index in [0.29, 0.717) is 5.56 Å². The van der Waals surface area contributed by atoms with Crippen LogP contribution in [0.25, 0.3) is 5.76 Å². The Morgan fingerprint density at radius 2 is 1.57 bits per heavy atom. The lowest BCUT2D eigenvalue weighted by Gasteiger charge is -2.27. The van der Waals surface area contributed by atoms with Crippen LogP contribution in [0.5, 0.6) is 11.5 Å². The van der Waals surface area contributed by atoms with Gasteiger partial charge in [0.1, 0.15) is 17.3 Å². The lowest BCUT2D eigenvalue weighted by atomic mass is 9.85. The summed E-state index contributed by atoms with van der Waals surface area (Å²) in [5.74, 6) is -2.39. The van der Waals surface area contributed by atoms with Crippen LogP contribution < -0.4 is 14.4 Å². The fourth-order valence-corrected chi connectivity index (χ4v) is 4.90. The summed E-state index contributed by atoms with van der Waals surface area (Å²) in [6.07, 6.45) is 0. The van der Waals surface area contributed by atoms with Crippen LogP contribution in [0.1, 0.15) is 53.9 Å². The van der Waals surface area contributed by atoms with Gasteiger partial charge in [0.15, 0.2) is 0 Å². The second-order valence-electron chi connectivity index (χ2n) is 10.3. The van der Waals surface area contributed by atoms with Crippen LogP contribution in [-0.2, 0) is 19.7 Å². The predicted molar refractivity (Wildman–Crippen MR) is 152 cm³/mol. The van der Waals surface area contributed by atoms with Crippen LogP contribution in [0.15, 0.2) is 66.2 Å². The molecule has 1 saturated heterocycles. The molecule has 9 heteroatoms. The van der Waals surface area contributed by atoms with E-state index in [1.165, 1.54) is 44.4 Å². The highest BCUT2D eigenvalue weighted by molar-refractivity contribution is 6.51. The van der Waals surface area contributed by atoms with Crippen LogP contribution in [0.4, 0.5) is 5.69 Å². The molecule has 1 atom stereocenters. The summed E-state index contributed by atoms with van der Waals surface area (Å²) in [7, 11) is 4.07. The standard InChI is InChI=1S/C31H30ClNO7/c1-31(2,3)19-12-10-17(11-13-19)26-25(27(34)21-15-24(39-5)22(32)16-23(21)38-4)28(35)29(36)33(26)20-9-7-8-18(14-20)30(37)40-6/h7-16,26,34H,1-6H3/b27-25+. The van der Waals surface area contributed by atoms with E-state index in [1.807, 2.05) is 24.3 Å². The van der Waals surface area contributed by atoms with E-state index in [4.69, 9.17) is 25.8 Å². The van der Waals surface area contributed by atoms with Crippen molar-refractivity contribution in [2.24, 2.45) is 0 Å². The highest BCUT2D eigenvalue weighted by Crippen LogP contribution is 2.45. The Bertz CT molecular complexity index is 1520. The van der Waals surface area contributed by atoms with E-state index >= 15 is 0 Å². The van der Waals surface area contributed by atoms with E-state index in [2.05, 4.69) is 20.8 Å². The number of esters is 1. The molecule has 1 aliphatic heterocycles.